The highest BCUT2D eigenvalue weighted by molar-refractivity contribution is 5.85. The van der Waals surface area contributed by atoms with E-state index in [0.29, 0.717) is 45.9 Å². The normalized spacial score (nSPS) is 19.9. The Morgan fingerprint density at radius 1 is 1.59 bits per heavy atom. The van der Waals surface area contributed by atoms with Crippen molar-refractivity contribution in [3.8, 4) is 0 Å². The van der Waals surface area contributed by atoms with Gasteiger partial charge in [0.05, 0.1) is 12.7 Å². The maximum atomic E-state index is 11.8. The van der Waals surface area contributed by atoms with Crippen LogP contribution in [-0.4, -0.2) is 56.4 Å². The lowest BCUT2D eigenvalue weighted by Gasteiger charge is -2.32. The van der Waals surface area contributed by atoms with Crippen LogP contribution < -0.4 is 5.73 Å². The number of ether oxygens (including phenoxy) is 2. The number of hydrogen-bond acceptors (Lipinski definition) is 4. The van der Waals surface area contributed by atoms with Crippen LogP contribution in [0.1, 0.15) is 19.8 Å². The number of halogens is 1. The van der Waals surface area contributed by atoms with Crippen LogP contribution in [0.5, 0.6) is 0 Å². The van der Waals surface area contributed by atoms with Gasteiger partial charge in [0.1, 0.15) is 0 Å². The van der Waals surface area contributed by atoms with Gasteiger partial charge in [-0.15, -0.1) is 12.4 Å². The lowest BCUT2D eigenvalue weighted by Crippen LogP contribution is -2.48. The van der Waals surface area contributed by atoms with Gasteiger partial charge in [0.2, 0.25) is 5.91 Å². The summed E-state index contributed by atoms with van der Waals surface area (Å²) < 4.78 is 10.6. The third-order valence-corrected chi connectivity index (χ3v) is 2.64. The molecule has 2 N–H and O–H groups in total. The molecule has 1 unspecified atom stereocenters. The Kier molecular flexibility index (Phi) is 9.44. The predicted octanol–water partition coefficient (Wildman–Crippen LogP) is 0.411. The van der Waals surface area contributed by atoms with Crippen LogP contribution in [0.2, 0.25) is 0 Å². The molecule has 0 bridgehead atoms. The lowest BCUT2D eigenvalue weighted by molar-refractivity contribution is -0.138. The van der Waals surface area contributed by atoms with Crippen LogP contribution in [0.3, 0.4) is 0 Å². The molecule has 1 aliphatic heterocycles. The molecule has 0 aromatic heterocycles. The van der Waals surface area contributed by atoms with Crippen molar-refractivity contribution in [1.29, 1.82) is 0 Å². The molecule has 1 rings (SSSR count). The van der Waals surface area contributed by atoms with E-state index in [1.54, 1.807) is 0 Å². The molecule has 17 heavy (non-hydrogen) atoms. The molecular weight excluding hydrogens is 244 g/mol. The van der Waals surface area contributed by atoms with E-state index in [4.69, 9.17) is 15.2 Å². The van der Waals surface area contributed by atoms with E-state index in [-0.39, 0.29) is 24.4 Å². The summed E-state index contributed by atoms with van der Waals surface area (Å²) in [4.78, 5) is 13.6. The van der Waals surface area contributed by atoms with Crippen molar-refractivity contribution in [2.24, 2.45) is 5.73 Å². The zero-order chi connectivity index (χ0) is 11.8. The minimum absolute atomic E-state index is 0. The van der Waals surface area contributed by atoms with Gasteiger partial charge in [-0.2, -0.15) is 0 Å². The van der Waals surface area contributed by atoms with E-state index in [9.17, 15) is 4.79 Å². The maximum Gasteiger partial charge on any atom is 0.222 e. The molecule has 6 heteroatoms. The molecule has 0 aromatic rings. The minimum atomic E-state index is 0. The van der Waals surface area contributed by atoms with Gasteiger partial charge < -0.3 is 20.1 Å². The largest absolute Gasteiger partial charge is 0.382 e. The van der Waals surface area contributed by atoms with E-state index >= 15 is 0 Å². The molecule has 1 fully saturated rings. The van der Waals surface area contributed by atoms with Gasteiger partial charge in [0.25, 0.3) is 0 Å². The van der Waals surface area contributed by atoms with E-state index in [2.05, 4.69) is 0 Å². The maximum absolute atomic E-state index is 11.8. The third kappa shape index (κ3) is 6.21. The number of nitrogens with two attached hydrogens (primary N) is 1. The first-order valence-electron chi connectivity index (χ1n) is 5.95. The van der Waals surface area contributed by atoms with Crippen molar-refractivity contribution in [2.75, 3.05) is 39.5 Å². The van der Waals surface area contributed by atoms with Crippen LogP contribution in [-0.2, 0) is 14.3 Å². The Hall–Kier alpha value is -0.360. The van der Waals surface area contributed by atoms with Crippen LogP contribution in [0.25, 0.3) is 0 Å². The summed E-state index contributed by atoms with van der Waals surface area (Å²) in [6.07, 6.45) is 1.35. The van der Waals surface area contributed by atoms with Gasteiger partial charge >= 0.3 is 0 Å². The molecule has 0 radical (unpaired) electrons. The second-order valence-corrected chi connectivity index (χ2v) is 3.87. The molecule has 1 atom stereocenters. The molecule has 0 aliphatic carbocycles. The number of hydrogen-bond donors (Lipinski definition) is 1. The van der Waals surface area contributed by atoms with Gasteiger partial charge in [-0.1, -0.05) is 0 Å². The summed E-state index contributed by atoms with van der Waals surface area (Å²) in [7, 11) is 0. The Balaban J connectivity index is 0.00000256. The fourth-order valence-electron chi connectivity index (χ4n) is 1.72. The second-order valence-electron chi connectivity index (χ2n) is 3.87. The SMILES string of the molecule is CCOCCCC(=O)N1CCOC(CN)C1.Cl. The van der Waals surface area contributed by atoms with Crippen molar-refractivity contribution >= 4 is 18.3 Å². The first kappa shape index (κ1) is 16.6. The number of nitrogens with zero attached hydrogens (tertiary/aromatic N) is 1. The molecule has 0 saturated carbocycles. The molecule has 5 nitrogen and oxygen atoms in total. The Labute approximate surface area is 109 Å². The van der Waals surface area contributed by atoms with Crippen LogP contribution in [0.4, 0.5) is 0 Å². The van der Waals surface area contributed by atoms with E-state index in [0.717, 1.165) is 6.42 Å². The number of amides is 1. The van der Waals surface area contributed by atoms with Gasteiger partial charge in [-0.3, -0.25) is 4.79 Å². The fourth-order valence-corrected chi connectivity index (χ4v) is 1.72. The van der Waals surface area contributed by atoms with E-state index in [1.807, 2.05) is 11.8 Å². The van der Waals surface area contributed by atoms with Gasteiger partial charge in [-0.25, -0.2) is 0 Å². The molecule has 102 valence electrons. The highest BCUT2D eigenvalue weighted by Crippen LogP contribution is 2.07. The first-order valence-corrected chi connectivity index (χ1v) is 5.95. The quantitative estimate of drug-likeness (QED) is 0.708. The van der Waals surface area contributed by atoms with Crippen molar-refractivity contribution in [1.82, 2.24) is 4.90 Å². The van der Waals surface area contributed by atoms with E-state index in [1.165, 1.54) is 0 Å². The Morgan fingerprint density at radius 2 is 2.35 bits per heavy atom. The Bertz CT molecular complexity index is 217. The highest BCUT2D eigenvalue weighted by Gasteiger charge is 2.22. The predicted molar refractivity (Wildman–Crippen MR) is 68.3 cm³/mol. The van der Waals surface area contributed by atoms with E-state index < -0.39 is 0 Å². The van der Waals surface area contributed by atoms with Gasteiger partial charge in [0, 0.05) is 39.3 Å². The average molecular weight is 267 g/mol. The zero-order valence-electron chi connectivity index (χ0n) is 10.4. The first-order chi connectivity index (χ1) is 7.77. The molecule has 0 aromatic carbocycles. The summed E-state index contributed by atoms with van der Waals surface area (Å²) in [5.74, 6) is 0.182. The van der Waals surface area contributed by atoms with Crippen molar-refractivity contribution in [3.63, 3.8) is 0 Å². The average Bonchev–Trinajstić information content (AvgIpc) is 2.34. The molecule has 1 saturated heterocycles. The Morgan fingerprint density at radius 3 is 3.00 bits per heavy atom. The van der Waals surface area contributed by atoms with Crippen molar-refractivity contribution in [3.05, 3.63) is 0 Å². The third-order valence-electron chi connectivity index (χ3n) is 2.64. The molecule has 1 aliphatic rings. The van der Waals surface area contributed by atoms with Crippen LogP contribution in [0, 0.1) is 0 Å². The number of rotatable bonds is 6. The highest BCUT2D eigenvalue weighted by atomic mass is 35.5. The topological polar surface area (TPSA) is 64.8 Å². The molecule has 1 amide bonds. The molecular formula is C11H23ClN2O3. The second kappa shape index (κ2) is 9.65. The minimum Gasteiger partial charge on any atom is -0.382 e. The van der Waals surface area contributed by atoms with Gasteiger partial charge in [-0.05, 0) is 13.3 Å². The summed E-state index contributed by atoms with van der Waals surface area (Å²) >= 11 is 0. The number of morpholine rings is 1. The summed E-state index contributed by atoms with van der Waals surface area (Å²) in [6.45, 7) is 5.71. The van der Waals surface area contributed by atoms with Crippen LogP contribution in [0.15, 0.2) is 0 Å². The summed E-state index contributed by atoms with van der Waals surface area (Å²) in [5, 5.41) is 0. The summed E-state index contributed by atoms with van der Waals surface area (Å²) in [6, 6.07) is 0. The van der Waals surface area contributed by atoms with Gasteiger partial charge in [0.15, 0.2) is 0 Å². The van der Waals surface area contributed by atoms with Crippen molar-refractivity contribution < 1.29 is 14.3 Å². The van der Waals surface area contributed by atoms with Crippen LogP contribution >= 0.6 is 12.4 Å². The standard InChI is InChI=1S/C11H22N2O3.ClH/c1-2-15-6-3-4-11(14)13-5-7-16-10(8-12)9-13;/h10H,2-9,12H2,1H3;1H. The lowest BCUT2D eigenvalue weighted by atomic mass is 10.2. The van der Waals surface area contributed by atoms with Crippen molar-refractivity contribution in [2.45, 2.75) is 25.9 Å². The fraction of sp³-hybridized carbons (Fsp3) is 0.909. The zero-order valence-corrected chi connectivity index (χ0v) is 11.2. The smallest absolute Gasteiger partial charge is 0.222 e. The molecule has 1 heterocycles. The summed E-state index contributed by atoms with van der Waals surface area (Å²) in [5.41, 5.74) is 5.52. The monoisotopic (exact) mass is 266 g/mol. The number of carbonyl (C=O) groups excluding carboxylic acids is 1. The number of carbonyl (C=O) groups is 1. The molecule has 0 spiro atoms.